The molecule has 3 aromatic rings. The number of carbonyl (C=O) groups is 1. The van der Waals surface area contributed by atoms with Crippen LogP contribution >= 0.6 is 11.3 Å². The molecule has 2 heterocycles. The molecule has 4 rings (SSSR count). The number of rotatable bonds is 6. The number of thiazole rings is 1. The molecule has 1 fully saturated rings. The Bertz CT molecular complexity index is 1110. The van der Waals surface area contributed by atoms with Crippen molar-refractivity contribution < 1.29 is 18.0 Å². The van der Waals surface area contributed by atoms with Gasteiger partial charge >= 0.3 is 0 Å². The molecule has 0 radical (unpaired) electrons. The van der Waals surface area contributed by atoms with E-state index in [4.69, 9.17) is 0 Å². The van der Waals surface area contributed by atoms with Crippen molar-refractivity contribution in [3.8, 4) is 10.6 Å². The van der Waals surface area contributed by atoms with Gasteiger partial charge in [0.25, 0.3) is 0 Å². The molecule has 0 aliphatic carbocycles. The van der Waals surface area contributed by atoms with Gasteiger partial charge in [-0.25, -0.2) is 18.2 Å². The summed E-state index contributed by atoms with van der Waals surface area (Å²) in [7, 11) is 2.13. The maximum atomic E-state index is 13.8. The summed E-state index contributed by atoms with van der Waals surface area (Å²) in [6.45, 7) is 5.08. The van der Waals surface area contributed by atoms with Gasteiger partial charge in [-0.15, -0.1) is 11.3 Å². The zero-order valence-corrected chi connectivity index (χ0v) is 18.4. The minimum atomic E-state index is -1.62. The van der Waals surface area contributed by atoms with E-state index in [9.17, 15) is 18.0 Å². The Morgan fingerprint density at radius 1 is 1.09 bits per heavy atom. The fourth-order valence-electron chi connectivity index (χ4n) is 3.57. The molecule has 1 aliphatic heterocycles. The normalized spacial score (nSPS) is 15.1. The molecule has 32 heavy (non-hydrogen) atoms. The highest BCUT2D eigenvalue weighted by molar-refractivity contribution is 7.13. The maximum Gasteiger partial charge on any atom is 0.230 e. The lowest BCUT2D eigenvalue weighted by Gasteiger charge is -2.32. The highest BCUT2D eigenvalue weighted by Crippen LogP contribution is 2.26. The lowest BCUT2D eigenvalue weighted by atomic mass is 10.1. The number of anilines is 1. The number of hydrogen-bond donors (Lipinski definition) is 1. The van der Waals surface area contributed by atoms with Gasteiger partial charge in [0, 0.05) is 43.7 Å². The number of nitrogens with one attached hydrogen (secondary N) is 1. The average molecular weight is 461 g/mol. The third-order valence-electron chi connectivity index (χ3n) is 5.38. The molecule has 0 atom stereocenters. The van der Waals surface area contributed by atoms with Gasteiger partial charge in [-0.05, 0) is 30.8 Å². The van der Waals surface area contributed by atoms with Crippen LogP contribution in [0.25, 0.3) is 10.6 Å². The van der Waals surface area contributed by atoms with Crippen LogP contribution in [0.4, 0.5) is 18.9 Å². The van der Waals surface area contributed by atoms with Crippen molar-refractivity contribution in [2.24, 2.45) is 0 Å². The van der Waals surface area contributed by atoms with Crippen LogP contribution in [-0.2, 0) is 17.8 Å². The molecule has 1 aliphatic rings. The minimum absolute atomic E-state index is 0.101. The molecular formula is C23H23F3N4OS. The molecule has 1 amide bonds. The van der Waals surface area contributed by atoms with Gasteiger partial charge in [-0.2, -0.15) is 0 Å². The van der Waals surface area contributed by atoms with Crippen LogP contribution in [0.15, 0.2) is 41.8 Å². The van der Waals surface area contributed by atoms with Gasteiger partial charge in [0.15, 0.2) is 17.5 Å². The summed E-state index contributed by atoms with van der Waals surface area (Å²) in [6.07, 6.45) is -0.101. The average Bonchev–Trinajstić information content (AvgIpc) is 3.24. The first-order valence-corrected chi connectivity index (χ1v) is 11.1. The van der Waals surface area contributed by atoms with E-state index in [1.807, 2.05) is 12.1 Å². The monoisotopic (exact) mass is 460 g/mol. The molecule has 0 saturated carbocycles. The largest absolute Gasteiger partial charge is 0.323 e. The Kier molecular flexibility index (Phi) is 6.88. The fraction of sp³-hybridized carbons (Fsp3) is 0.304. The molecule has 5 nitrogen and oxygen atoms in total. The smallest absolute Gasteiger partial charge is 0.230 e. The number of likely N-dealkylation sites (N-methyl/N-ethyl adjacent to an activating group) is 1. The quantitative estimate of drug-likeness (QED) is 0.562. The summed E-state index contributed by atoms with van der Waals surface area (Å²) in [6, 6.07) is 9.94. The number of aromatic nitrogens is 1. The van der Waals surface area contributed by atoms with E-state index in [1.165, 1.54) is 16.9 Å². The van der Waals surface area contributed by atoms with Crippen LogP contribution in [0.3, 0.4) is 0 Å². The molecule has 0 unspecified atom stereocenters. The van der Waals surface area contributed by atoms with Gasteiger partial charge in [0.1, 0.15) is 5.01 Å². The molecule has 1 aromatic heterocycles. The van der Waals surface area contributed by atoms with Crippen LogP contribution in [0, 0.1) is 17.5 Å². The minimum Gasteiger partial charge on any atom is -0.323 e. The summed E-state index contributed by atoms with van der Waals surface area (Å²) in [5.41, 5.74) is 2.30. The van der Waals surface area contributed by atoms with Crippen molar-refractivity contribution in [2.75, 3.05) is 38.5 Å². The summed E-state index contributed by atoms with van der Waals surface area (Å²) < 4.78 is 40.1. The standard InChI is InChI=1S/C23H23F3N4OS/c1-29-7-9-30(10-8-29)13-15-3-2-4-16(11-15)23-27-17(14-32-23)12-20(31)28-19-6-5-18(24)21(25)22(19)26/h2-6,11,14H,7-10,12-13H2,1H3,(H,28,31). The van der Waals surface area contributed by atoms with E-state index in [-0.39, 0.29) is 6.42 Å². The zero-order chi connectivity index (χ0) is 22.7. The van der Waals surface area contributed by atoms with Crippen LogP contribution < -0.4 is 5.32 Å². The second-order valence-electron chi connectivity index (χ2n) is 7.87. The first-order valence-electron chi connectivity index (χ1n) is 10.3. The predicted molar refractivity (Wildman–Crippen MR) is 119 cm³/mol. The first kappa shape index (κ1) is 22.4. The molecule has 9 heteroatoms. The Morgan fingerprint density at radius 3 is 2.66 bits per heavy atom. The summed E-state index contributed by atoms with van der Waals surface area (Å²) >= 11 is 1.42. The van der Waals surface area contributed by atoms with Crippen molar-refractivity contribution >= 4 is 22.9 Å². The van der Waals surface area contributed by atoms with Crippen molar-refractivity contribution in [1.29, 1.82) is 0 Å². The second kappa shape index (κ2) is 9.81. The third-order valence-corrected chi connectivity index (χ3v) is 6.32. The summed E-state index contributed by atoms with van der Waals surface area (Å²) in [5, 5.41) is 4.82. The lowest BCUT2D eigenvalue weighted by Crippen LogP contribution is -2.43. The number of benzene rings is 2. The molecule has 0 bridgehead atoms. The number of hydrogen-bond acceptors (Lipinski definition) is 5. The SMILES string of the molecule is CN1CCN(Cc2cccc(-c3nc(CC(=O)Nc4ccc(F)c(F)c4F)cs3)c2)CC1. The van der Waals surface area contributed by atoms with E-state index in [0.717, 1.165) is 55.4 Å². The number of halogens is 3. The number of nitrogens with zero attached hydrogens (tertiary/aromatic N) is 3. The molecular weight excluding hydrogens is 437 g/mol. The molecule has 1 saturated heterocycles. The summed E-state index contributed by atoms with van der Waals surface area (Å²) in [5.74, 6) is -4.90. The van der Waals surface area contributed by atoms with E-state index < -0.39 is 29.0 Å². The highest BCUT2D eigenvalue weighted by Gasteiger charge is 2.17. The predicted octanol–water partition coefficient (Wildman–Crippen LogP) is 4.16. The lowest BCUT2D eigenvalue weighted by molar-refractivity contribution is -0.115. The van der Waals surface area contributed by atoms with Crippen molar-refractivity contribution in [1.82, 2.24) is 14.8 Å². The van der Waals surface area contributed by atoms with E-state index in [2.05, 4.69) is 39.3 Å². The number of piperazine rings is 1. The Labute approximate surface area is 188 Å². The van der Waals surface area contributed by atoms with Crippen LogP contribution in [0.1, 0.15) is 11.3 Å². The van der Waals surface area contributed by atoms with Crippen molar-refractivity contribution in [3.05, 3.63) is 70.5 Å². The van der Waals surface area contributed by atoms with Gasteiger partial charge in [-0.3, -0.25) is 9.69 Å². The van der Waals surface area contributed by atoms with E-state index >= 15 is 0 Å². The zero-order valence-electron chi connectivity index (χ0n) is 17.6. The summed E-state index contributed by atoms with van der Waals surface area (Å²) in [4.78, 5) is 21.5. The van der Waals surface area contributed by atoms with Gasteiger partial charge in [0.05, 0.1) is 17.8 Å². The van der Waals surface area contributed by atoms with Crippen molar-refractivity contribution in [2.45, 2.75) is 13.0 Å². The second-order valence-corrected chi connectivity index (χ2v) is 8.73. The Balaban J connectivity index is 1.39. The number of amides is 1. The third kappa shape index (κ3) is 5.35. The maximum absolute atomic E-state index is 13.8. The molecule has 2 aromatic carbocycles. The van der Waals surface area contributed by atoms with E-state index in [0.29, 0.717) is 5.69 Å². The van der Waals surface area contributed by atoms with E-state index in [1.54, 1.807) is 5.38 Å². The topological polar surface area (TPSA) is 48.5 Å². The van der Waals surface area contributed by atoms with Gasteiger partial charge in [-0.1, -0.05) is 18.2 Å². The Morgan fingerprint density at radius 2 is 1.88 bits per heavy atom. The van der Waals surface area contributed by atoms with Gasteiger partial charge < -0.3 is 10.2 Å². The van der Waals surface area contributed by atoms with Crippen LogP contribution in [-0.4, -0.2) is 53.9 Å². The van der Waals surface area contributed by atoms with Crippen molar-refractivity contribution in [3.63, 3.8) is 0 Å². The van der Waals surface area contributed by atoms with Gasteiger partial charge in [0.2, 0.25) is 5.91 Å². The number of carbonyl (C=O) groups excluding carboxylic acids is 1. The molecule has 0 spiro atoms. The molecule has 168 valence electrons. The van der Waals surface area contributed by atoms with Crippen LogP contribution in [0.5, 0.6) is 0 Å². The highest BCUT2D eigenvalue weighted by atomic mass is 32.1. The molecule has 1 N–H and O–H groups in total. The first-order chi connectivity index (χ1) is 15.4. The fourth-order valence-corrected chi connectivity index (χ4v) is 4.39. The Hall–Kier alpha value is -2.75. The van der Waals surface area contributed by atoms with Crippen LogP contribution in [0.2, 0.25) is 0 Å².